The van der Waals surface area contributed by atoms with E-state index in [1.54, 1.807) is 13.8 Å². The lowest BCUT2D eigenvalue weighted by molar-refractivity contribution is -0.125. The van der Waals surface area contributed by atoms with E-state index in [-0.39, 0.29) is 29.6 Å². The smallest absolute Gasteiger partial charge is 0.265 e. The van der Waals surface area contributed by atoms with Crippen LogP contribution in [0.25, 0.3) is 0 Å². The second-order valence-electron chi connectivity index (χ2n) is 5.83. The summed E-state index contributed by atoms with van der Waals surface area (Å²) in [6, 6.07) is 4.33. The topological polar surface area (TPSA) is 105 Å². The van der Waals surface area contributed by atoms with Crippen LogP contribution in [0.4, 0.5) is 5.69 Å². The van der Waals surface area contributed by atoms with Crippen LogP contribution in [0.15, 0.2) is 23.1 Å². The van der Waals surface area contributed by atoms with Gasteiger partial charge in [-0.15, -0.1) is 0 Å². The molecule has 0 atom stereocenters. The van der Waals surface area contributed by atoms with E-state index >= 15 is 0 Å². The van der Waals surface area contributed by atoms with Gasteiger partial charge in [0.25, 0.3) is 5.91 Å². The molecule has 1 aliphatic heterocycles. The number of fused-ring (bicyclic) bond motifs is 1. The number of nitrogens with one attached hydrogen (secondary N) is 1. The first kappa shape index (κ1) is 21.1. The van der Waals surface area contributed by atoms with Crippen molar-refractivity contribution in [2.45, 2.75) is 18.7 Å². The molecule has 1 heterocycles. The molecule has 0 radical (unpaired) electrons. The summed E-state index contributed by atoms with van der Waals surface area (Å²) >= 11 is 0. The Morgan fingerprint density at radius 2 is 2.04 bits per heavy atom. The van der Waals surface area contributed by atoms with Gasteiger partial charge in [0.1, 0.15) is 12.3 Å². The Kier molecular flexibility index (Phi) is 7.17. The molecule has 0 bridgehead atoms. The number of hydrogen-bond donors (Lipinski definition) is 1. The Bertz CT molecular complexity index is 792. The Balaban J connectivity index is 2.32. The van der Waals surface area contributed by atoms with Gasteiger partial charge in [-0.25, -0.2) is 8.42 Å². The number of ether oxygens (including phenoxy) is 2. The van der Waals surface area contributed by atoms with Crippen molar-refractivity contribution in [3.63, 3.8) is 0 Å². The van der Waals surface area contributed by atoms with Crippen LogP contribution in [-0.4, -0.2) is 71.0 Å². The molecular weight excluding hydrogens is 374 g/mol. The van der Waals surface area contributed by atoms with E-state index in [1.165, 1.54) is 34.5 Å². The summed E-state index contributed by atoms with van der Waals surface area (Å²) < 4.78 is 37.1. The van der Waals surface area contributed by atoms with Gasteiger partial charge < -0.3 is 14.8 Å². The van der Waals surface area contributed by atoms with Crippen molar-refractivity contribution in [1.82, 2.24) is 9.62 Å². The van der Waals surface area contributed by atoms with Gasteiger partial charge in [0.05, 0.1) is 17.2 Å². The van der Waals surface area contributed by atoms with Gasteiger partial charge in [-0.3, -0.25) is 14.5 Å². The van der Waals surface area contributed by atoms with Crippen molar-refractivity contribution in [1.29, 1.82) is 0 Å². The third kappa shape index (κ3) is 4.76. The first-order valence-corrected chi connectivity index (χ1v) is 10.1. The molecule has 0 saturated carbocycles. The minimum absolute atomic E-state index is 0.0491. The van der Waals surface area contributed by atoms with Crippen LogP contribution >= 0.6 is 0 Å². The average Bonchev–Trinajstić information content (AvgIpc) is 2.64. The van der Waals surface area contributed by atoms with Gasteiger partial charge in [0, 0.05) is 26.7 Å². The molecular formula is C17H25N3O6S. The summed E-state index contributed by atoms with van der Waals surface area (Å²) in [5.74, 6) is -0.426. The number of rotatable bonds is 9. The van der Waals surface area contributed by atoms with Crippen LogP contribution in [0, 0.1) is 0 Å². The van der Waals surface area contributed by atoms with E-state index in [0.717, 1.165) is 0 Å². The van der Waals surface area contributed by atoms with Crippen LogP contribution < -0.4 is 15.0 Å². The van der Waals surface area contributed by atoms with Gasteiger partial charge in [0.2, 0.25) is 15.9 Å². The van der Waals surface area contributed by atoms with Crippen molar-refractivity contribution in [2.75, 3.05) is 51.4 Å². The molecule has 2 rings (SSSR count). The maximum atomic E-state index is 12.8. The van der Waals surface area contributed by atoms with Gasteiger partial charge >= 0.3 is 0 Å². The zero-order valence-electron chi connectivity index (χ0n) is 15.7. The normalized spacial score (nSPS) is 14.1. The van der Waals surface area contributed by atoms with Crippen molar-refractivity contribution >= 4 is 27.5 Å². The molecule has 0 aliphatic carbocycles. The first-order valence-electron chi connectivity index (χ1n) is 8.68. The average molecular weight is 399 g/mol. The molecule has 9 nitrogen and oxygen atoms in total. The molecule has 0 unspecified atom stereocenters. The highest BCUT2D eigenvalue weighted by Crippen LogP contribution is 2.34. The first-order chi connectivity index (χ1) is 12.8. The van der Waals surface area contributed by atoms with Crippen molar-refractivity contribution < 1.29 is 27.5 Å². The zero-order valence-corrected chi connectivity index (χ0v) is 16.5. The highest BCUT2D eigenvalue weighted by molar-refractivity contribution is 7.89. The Hall–Kier alpha value is -2.17. The predicted molar refractivity (Wildman–Crippen MR) is 99.3 cm³/mol. The third-order valence-corrected chi connectivity index (χ3v) is 6.19. The molecule has 27 heavy (non-hydrogen) atoms. The van der Waals surface area contributed by atoms with E-state index in [2.05, 4.69) is 5.32 Å². The van der Waals surface area contributed by atoms with Gasteiger partial charge in [-0.1, -0.05) is 13.8 Å². The Morgan fingerprint density at radius 1 is 1.33 bits per heavy atom. The van der Waals surface area contributed by atoms with Crippen LogP contribution in [0.5, 0.6) is 5.75 Å². The number of methoxy groups -OCH3 is 1. The quantitative estimate of drug-likeness (QED) is 0.595. The minimum atomic E-state index is -3.70. The maximum Gasteiger partial charge on any atom is 0.265 e. The number of carbonyl (C=O) groups is 2. The summed E-state index contributed by atoms with van der Waals surface area (Å²) in [6.45, 7) is 4.40. The number of sulfonamides is 1. The van der Waals surface area contributed by atoms with Crippen molar-refractivity contribution in [2.24, 2.45) is 0 Å². The molecule has 1 aromatic rings. The summed E-state index contributed by atoms with van der Waals surface area (Å²) in [5.41, 5.74) is 0.265. The molecule has 1 aromatic carbocycles. The maximum absolute atomic E-state index is 12.8. The second-order valence-corrected chi connectivity index (χ2v) is 7.77. The number of carbonyl (C=O) groups excluding carboxylic acids is 2. The van der Waals surface area contributed by atoms with E-state index < -0.39 is 15.9 Å². The van der Waals surface area contributed by atoms with Crippen molar-refractivity contribution in [3.8, 4) is 5.75 Å². The highest BCUT2D eigenvalue weighted by Gasteiger charge is 2.30. The molecule has 1 aliphatic rings. The third-order valence-electron chi connectivity index (χ3n) is 4.15. The molecule has 10 heteroatoms. The van der Waals surface area contributed by atoms with Crippen LogP contribution in [0.3, 0.4) is 0 Å². The molecule has 0 saturated heterocycles. The summed E-state index contributed by atoms with van der Waals surface area (Å²) in [4.78, 5) is 25.6. The standard InChI is InChI=1S/C17H25N3O6S/c1-4-19(5-2)27(23,24)13-6-7-15-14(10-13)20(17(22)12-26-15)11-16(21)18-8-9-25-3/h6-7,10H,4-5,8-9,11-12H2,1-3H3,(H,18,21). The van der Waals surface area contributed by atoms with Crippen molar-refractivity contribution in [3.05, 3.63) is 18.2 Å². The summed E-state index contributed by atoms with van der Waals surface area (Å²) in [5, 5.41) is 2.64. The largest absolute Gasteiger partial charge is 0.482 e. The highest BCUT2D eigenvalue weighted by atomic mass is 32.2. The number of nitrogens with zero attached hydrogens (tertiary/aromatic N) is 2. The Morgan fingerprint density at radius 3 is 2.67 bits per heavy atom. The number of hydrogen-bond acceptors (Lipinski definition) is 6. The van der Waals surface area contributed by atoms with E-state index in [9.17, 15) is 18.0 Å². The second kappa shape index (κ2) is 9.16. The predicted octanol–water partition coefficient (Wildman–Crippen LogP) is 0.205. The summed E-state index contributed by atoms with van der Waals surface area (Å²) in [7, 11) is -2.18. The van der Waals surface area contributed by atoms with Gasteiger partial charge in [0.15, 0.2) is 6.61 Å². The fourth-order valence-electron chi connectivity index (χ4n) is 2.72. The fourth-order valence-corrected chi connectivity index (χ4v) is 4.20. The lowest BCUT2D eigenvalue weighted by Crippen LogP contribution is -2.45. The minimum Gasteiger partial charge on any atom is -0.482 e. The molecule has 0 spiro atoms. The molecule has 0 fully saturated rings. The zero-order chi connectivity index (χ0) is 20.0. The van der Waals surface area contributed by atoms with Gasteiger partial charge in [-0.05, 0) is 18.2 Å². The lowest BCUT2D eigenvalue weighted by atomic mass is 10.2. The van der Waals surface area contributed by atoms with Gasteiger partial charge in [-0.2, -0.15) is 4.31 Å². The fraction of sp³-hybridized carbons (Fsp3) is 0.529. The number of benzene rings is 1. The lowest BCUT2D eigenvalue weighted by Gasteiger charge is -2.29. The number of amides is 2. The number of anilines is 1. The van der Waals surface area contributed by atoms with Crippen LogP contribution in [0.1, 0.15) is 13.8 Å². The van der Waals surface area contributed by atoms with E-state index in [1.807, 2.05) is 0 Å². The van der Waals surface area contributed by atoms with Crippen LogP contribution in [-0.2, 0) is 24.3 Å². The monoisotopic (exact) mass is 399 g/mol. The summed E-state index contributed by atoms with van der Waals surface area (Å²) in [6.07, 6.45) is 0. The van der Waals surface area contributed by atoms with E-state index in [0.29, 0.717) is 32.0 Å². The molecule has 1 N–H and O–H groups in total. The SMILES string of the molecule is CCN(CC)S(=O)(=O)c1ccc2c(c1)N(CC(=O)NCCOC)C(=O)CO2. The van der Waals surface area contributed by atoms with Crippen LogP contribution in [0.2, 0.25) is 0 Å². The molecule has 150 valence electrons. The van der Waals surface area contributed by atoms with E-state index in [4.69, 9.17) is 9.47 Å². The molecule has 0 aromatic heterocycles. The molecule has 2 amide bonds. The Labute approximate surface area is 159 Å².